The van der Waals surface area contributed by atoms with E-state index in [2.05, 4.69) is 15.3 Å². The second-order valence-electron chi connectivity index (χ2n) is 4.14. The summed E-state index contributed by atoms with van der Waals surface area (Å²) in [6, 6.07) is 7.85. The van der Waals surface area contributed by atoms with Crippen LogP contribution >= 0.6 is 0 Å². The molecule has 0 atom stereocenters. The van der Waals surface area contributed by atoms with Gasteiger partial charge in [-0.25, -0.2) is 9.97 Å². The number of anilines is 1. The molecule has 0 fully saturated rings. The number of nitrogens with zero attached hydrogens (tertiary/aromatic N) is 2. The molecule has 0 aliphatic carbocycles. The van der Waals surface area contributed by atoms with Gasteiger partial charge >= 0.3 is 0 Å². The highest BCUT2D eigenvalue weighted by Crippen LogP contribution is 2.24. The van der Waals surface area contributed by atoms with Crippen LogP contribution in [-0.2, 0) is 0 Å². The lowest BCUT2D eigenvalue weighted by Crippen LogP contribution is -2.15. The topological polar surface area (TPSA) is 73.1 Å². The van der Waals surface area contributed by atoms with Crippen LogP contribution in [0.3, 0.4) is 0 Å². The summed E-state index contributed by atoms with van der Waals surface area (Å²) in [5, 5.41) is 3.06. The molecule has 3 N–H and O–H groups in total. The number of nitrogens with one attached hydrogen (secondary N) is 1. The zero-order valence-electron chi connectivity index (χ0n) is 11.2. The fraction of sp³-hybridized carbons (Fsp3) is 0.286. The van der Waals surface area contributed by atoms with Crippen LogP contribution in [0.4, 0.5) is 5.95 Å². The predicted molar refractivity (Wildman–Crippen MR) is 76.3 cm³/mol. The first kappa shape index (κ1) is 13.3. The third kappa shape index (κ3) is 3.20. The van der Waals surface area contributed by atoms with Crippen LogP contribution in [0.5, 0.6) is 5.75 Å². The summed E-state index contributed by atoms with van der Waals surface area (Å²) in [7, 11) is 1.65. The van der Waals surface area contributed by atoms with Crippen molar-refractivity contribution in [2.24, 2.45) is 5.73 Å². The van der Waals surface area contributed by atoms with Crippen molar-refractivity contribution in [2.75, 3.05) is 25.5 Å². The van der Waals surface area contributed by atoms with Gasteiger partial charge in [0.2, 0.25) is 5.95 Å². The van der Waals surface area contributed by atoms with E-state index in [0.29, 0.717) is 19.0 Å². The van der Waals surface area contributed by atoms with Gasteiger partial charge in [-0.3, -0.25) is 0 Å². The van der Waals surface area contributed by atoms with Gasteiger partial charge in [-0.15, -0.1) is 0 Å². The number of ether oxygens (including phenoxy) is 1. The first-order valence-electron chi connectivity index (χ1n) is 6.16. The quantitative estimate of drug-likeness (QED) is 0.856. The van der Waals surface area contributed by atoms with Gasteiger partial charge < -0.3 is 15.8 Å². The van der Waals surface area contributed by atoms with Crippen molar-refractivity contribution in [3.05, 3.63) is 36.2 Å². The molecule has 5 nitrogen and oxygen atoms in total. The highest BCUT2D eigenvalue weighted by atomic mass is 16.5. The van der Waals surface area contributed by atoms with Gasteiger partial charge in [-0.05, 0) is 24.6 Å². The molecule has 100 valence electrons. The average Bonchev–Trinajstić information content (AvgIpc) is 2.45. The van der Waals surface area contributed by atoms with Crippen LogP contribution in [0.1, 0.15) is 5.69 Å². The lowest BCUT2D eigenvalue weighted by atomic mass is 10.1. The number of nitrogens with two attached hydrogens (primary N) is 1. The summed E-state index contributed by atoms with van der Waals surface area (Å²) in [6.07, 6.45) is 1.82. The third-order valence-electron chi connectivity index (χ3n) is 2.81. The van der Waals surface area contributed by atoms with Gasteiger partial charge in [0.05, 0.1) is 12.8 Å². The molecule has 2 rings (SSSR count). The van der Waals surface area contributed by atoms with Gasteiger partial charge in [0.15, 0.2) is 0 Å². The van der Waals surface area contributed by atoms with E-state index in [1.165, 1.54) is 0 Å². The molecule has 5 heteroatoms. The molecule has 0 radical (unpaired) electrons. The Morgan fingerprint density at radius 2 is 2.00 bits per heavy atom. The Balaban J connectivity index is 2.24. The molecule has 0 bridgehead atoms. The van der Waals surface area contributed by atoms with Crippen molar-refractivity contribution in [1.82, 2.24) is 9.97 Å². The van der Waals surface area contributed by atoms with Crippen LogP contribution in [0.25, 0.3) is 11.1 Å². The van der Waals surface area contributed by atoms with Crippen molar-refractivity contribution in [3.8, 4) is 16.9 Å². The molecule has 2 aromatic rings. The molecule has 1 heterocycles. The number of rotatable bonds is 5. The summed E-state index contributed by atoms with van der Waals surface area (Å²) in [5.74, 6) is 1.45. The maximum atomic E-state index is 5.43. The van der Waals surface area contributed by atoms with E-state index in [9.17, 15) is 0 Å². The molecule has 1 aromatic heterocycles. The van der Waals surface area contributed by atoms with Crippen molar-refractivity contribution in [3.63, 3.8) is 0 Å². The summed E-state index contributed by atoms with van der Waals surface area (Å²) >= 11 is 0. The number of hydrogen-bond donors (Lipinski definition) is 2. The van der Waals surface area contributed by atoms with E-state index in [1.54, 1.807) is 7.11 Å². The Morgan fingerprint density at radius 1 is 1.26 bits per heavy atom. The molecular formula is C14H18N4O. The number of benzene rings is 1. The second-order valence-corrected chi connectivity index (χ2v) is 4.14. The molecule has 1 aromatic carbocycles. The van der Waals surface area contributed by atoms with Gasteiger partial charge in [-0.2, -0.15) is 0 Å². The fourth-order valence-corrected chi connectivity index (χ4v) is 1.79. The van der Waals surface area contributed by atoms with E-state index in [-0.39, 0.29) is 0 Å². The molecule has 0 unspecified atom stereocenters. The Kier molecular flexibility index (Phi) is 4.30. The van der Waals surface area contributed by atoms with E-state index >= 15 is 0 Å². The highest BCUT2D eigenvalue weighted by molar-refractivity contribution is 5.66. The van der Waals surface area contributed by atoms with E-state index in [0.717, 1.165) is 22.6 Å². The minimum absolute atomic E-state index is 0.558. The fourth-order valence-electron chi connectivity index (χ4n) is 1.79. The number of hydrogen-bond acceptors (Lipinski definition) is 5. The third-order valence-corrected chi connectivity index (χ3v) is 2.81. The van der Waals surface area contributed by atoms with Gasteiger partial charge in [0, 0.05) is 24.8 Å². The minimum atomic E-state index is 0.558. The van der Waals surface area contributed by atoms with Crippen molar-refractivity contribution in [2.45, 2.75) is 6.92 Å². The van der Waals surface area contributed by atoms with Crippen molar-refractivity contribution >= 4 is 5.95 Å². The Hall–Kier alpha value is -2.14. The second kappa shape index (κ2) is 6.15. The zero-order chi connectivity index (χ0) is 13.7. The van der Waals surface area contributed by atoms with Crippen LogP contribution in [0.2, 0.25) is 0 Å². The van der Waals surface area contributed by atoms with E-state index in [4.69, 9.17) is 10.5 Å². The summed E-state index contributed by atoms with van der Waals surface area (Å²) in [6.45, 7) is 3.19. The van der Waals surface area contributed by atoms with Crippen LogP contribution in [-0.4, -0.2) is 30.2 Å². The summed E-state index contributed by atoms with van der Waals surface area (Å²) in [4.78, 5) is 8.71. The standard InChI is InChI=1S/C14H18N4O/c1-10-13(9-17-14(18-10)16-8-7-15)11-3-5-12(19-2)6-4-11/h3-6,9H,7-8,15H2,1-2H3,(H,16,17,18). The largest absolute Gasteiger partial charge is 0.497 e. The molecule has 0 saturated carbocycles. The summed E-state index contributed by atoms with van der Waals surface area (Å²) in [5.41, 5.74) is 8.45. The lowest BCUT2D eigenvalue weighted by molar-refractivity contribution is 0.415. The number of methoxy groups -OCH3 is 1. The van der Waals surface area contributed by atoms with E-state index in [1.807, 2.05) is 37.4 Å². The predicted octanol–water partition coefficient (Wildman–Crippen LogP) is 1.83. The first-order chi connectivity index (χ1) is 9.24. The lowest BCUT2D eigenvalue weighted by Gasteiger charge is -2.08. The normalized spacial score (nSPS) is 10.3. The SMILES string of the molecule is COc1ccc(-c2cnc(NCCN)nc2C)cc1. The maximum absolute atomic E-state index is 5.43. The van der Waals surface area contributed by atoms with Crippen molar-refractivity contribution in [1.29, 1.82) is 0 Å². The minimum Gasteiger partial charge on any atom is -0.497 e. The smallest absolute Gasteiger partial charge is 0.222 e. The number of aryl methyl sites for hydroxylation is 1. The van der Waals surface area contributed by atoms with Crippen molar-refractivity contribution < 1.29 is 4.74 Å². The van der Waals surface area contributed by atoms with Crippen LogP contribution in [0.15, 0.2) is 30.5 Å². The molecule has 19 heavy (non-hydrogen) atoms. The van der Waals surface area contributed by atoms with Gasteiger partial charge in [0.1, 0.15) is 5.75 Å². The average molecular weight is 258 g/mol. The molecule has 0 aliphatic heterocycles. The Morgan fingerprint density at radius 3 is 2.58 bits per heavy atom. The van der Waals surface area contributed by atoms with Gasteiger partial charge in [0.25, 0.3) is 0 Å². The molecular weight excluding hydrogens is 240 g/mol. The van der Waals surface area contributed by atoms with Crippen LogP contribution < -0.4 is 15.8 Å². The molecule has 0 saturated heterocycles. The monoisotopic (exact) mass is 258 g/mol. The molecule has 0 spiro atoms. The van der Waals surface area contributed by atoms with Gasteiger partial charge in [-0.1, -0.05) is 12.1 Å². The van der Waals surface area contributed by atoms with Crippen LogP contribution in [0, 0.1) is 6.92 Å². The molecule has 0 aliphatic rings. The maximum Gasteiger partial charge on any atom is 0.222 e. The molecule has 0 amide bonds. The highest BCUT2D eigenvalue weighted by Gasteiger charge is 2.05. The zero-order valence-corrected chi connectivity index (χ0v) is 11.2. The Bertz CT molecular complexity index is 540. The number of aromatic nitrogens is 2. The summed E-state index contributed by atoms with van der Waals surface area (Å²) < 4.78 is 5.15. The van der Waals surface area contributed by atoms with E-state index < -0.39 is 0 Å². The first-order valence-corrected chi connectivity index (χ1v) is 6.16. The Labute approximate surface area is 112 Å².